The molecule has 1 aliphatic rings. The van der Waals surface area contributed by atoms with E-state index in [2.05, 4.69) is 10.5 Å². The highest BCUT2D eigenvalue weighted by atomic mass is 32.1. The van der Waals surface area contributed by atoms with Crippen LogP contribution >= 0.6 is 12.2 Å². The molecule has 5 rings (SSSR count). The van der Waals surface area contributed by atoms with Crippen molar-refractivity contribution in [2.45, 2.75) is 19.9 Å². The summed E-state index contributed by atoms with van der Waals surface area (Å²) in [5.74, 6) is 1.10. The minimum Gasteiger partial charge on any atom is -0.497 e. The van der Waals surface area contributed by atoms with E-state index in [1.54, 1.807) is 13.2 Å². The normalized spacial score (nSPS) is 15.8. The van der Waals surface area contributed by atoms with Gasteiger partial charge in [0.15, 0.2) is 5.11 Å². The van der Waals surface area contributed by atoms with Crippen LogP contribution in [0.3, 0.4) is 0 Å². The molecular formula is C27H23FN4O2S. The van der Waals surface area contributed by atoms with E-state index in [9.17, 15) is 4.39 Å². The summed E-state index contributed by atoms with van der Waals surface area (Å²) in [5, 5.41) is 8.07. The minimum atomic E-state index is -0.474. The molecule has 0 spiro atoms. The lowest BCUT2D eigenvalue weighted by molar-refractivity contribution is 0.403. The van der Waals surface area contributed by atoms with Gasteiger partial charge >= 0.3 is 0 Å². The first-order chi connectivity index (χ1) is 16.9. The van der Waals surface area contributed by atoms with Crippen molar-refractivity contribution in [2.24, 2.45) is 0 Å². The number of thiocarbonyl (C=S) groups is 1. The maximum absolute atomic E-state index is 14.2. The van der Waals surface area contributed by atoms with Gasteiger partial charge in [0.1, 0.15) is 11.6 Å². The van der Waals surface area contributed by atoms with E-state index in [1.165, 1.54) is 12.1 Å². The lowest BCUT2D eigenvalue weighted by Crippen LogP contribution is -2.46. The minimum absolute atomic E-state index is 0.321. The lowest BCUT2D eigenvalue weighted by Gasteiger charge is -2.37. The number of ether oxygens (including phenoxy) is 1. The molecule has 1 aliphatic heterocycles. The van der Waals surface area contributed by atoms with Crippen LogP contribution in [-0.2, 0) is 0 Å². The first kappa shape index (κ1) is 22.7. The zero-order chi connectivity index (χ0) is 24.5. The van der Waals surface area contributed by atoms with Gasteiger partial charge in [0.2, 0.25) is 5.82 Å². The third kappa shape index (κ3) is 4.40. The Bertz CT molecular complexity index is 1430. The largest absolute Gasteiger partial charge is 0.497 e. The molecular weight excluding hydrogens is 463 g/mol. The second-order valence-electron chi connectivity index (χ2n) is 8.26. The number of rotatable bonds is 5. The molecule has 2 heterocycles. The van der Waals surface area contributed by atoms with Crippen LogP contribution in [0.25, 0.3) is 17.0 Å². The molecule has 1 unspecified atom stereocenters. The zero-order valence-corrected chi connectivity index (χ0v) is 20.3. The van der Waals surface area contributed by atoms with Crippen molar-refractivity contribution >= 4 is 28.6 Å². The fourth-order valence-electron chi connectivity index (χ4n) is 4.17. The highest BCUT2D eigenvalue weighted by Gasteiger charge is 2.35. The number of allylic oxidation sites excluding steroid dienone is 1. The van der Waals surface area contributed by atoms with E-state index in [0.29, 0.717) is 33.7 Å². The van der Waals surface area contributed by atoms with Crippen LogP contribution in [0.1, 0.15) is 30.0 Å². The summed E-state index contributed by atoms with van der Waals surface area (Å²) in [6, 6.07) is 21.4. The quantitative estimate of drug-likeness (QED) is 0.344. The van der Waals surface area contributed by atoms with Gasteiger partial charge in [0.25, 0.3) is 5.89 Å². The summed E-state index contributed by atoms with van der Waals surface area (Å²) in [5.41, 5.74) is 5.03. The molecule has 0 amide bonds. The van der Waals surface area contributed by atoms with Crippen LogP contribution < -0.4 is 15.0 Å². The Morgan fingerprint density at radius 2 is 1.80 bits per heavy atom. The van der Waals surface area contributed by atoms with Crippen molar-refractivity contribution < 1.29 is 13.7 Å². The van der Waals surface area contributed by atoms with Gasteiger partial charge in [-0.05, 0) is 68.0 Å². The number of methoxy groups -OCH3 is 1. The van der Waals surface area contributed by atoms with E-state index < -0.39 is 6.04 Å². The third-order valence-electron chi connectivity index (χ3n) is 5.94. The first-order valence-electron chi connectivity index (χ1n) is 11.1. The molecule has 1 atom stereocenters. The van der Waals surface area contributed by atoms with Gasteiger partial charge in [-0.3, -0.25) is 4.90 Å². The monoisotopic (exact) mass is 486 g/mol. The predicted molar refractivity (Wildman–Crippen MR) is 137 cm³/mol. The number of halogens is 1. The number of hydrogen-bond donors (Lipinski definition) is 1. The highest BCUT2D eigenvalue weighted by Crippen LogP contribution is 2.39. The van der Waals surface area contributed by atoms with Gasteiger partial charge < -0.3 is 14.6 Å². The van der Waals surface area contributed by atoms with Crippen molar-refractivity contribution in [1.82, 2.24) is 15.5 Å². The fourth-order valence-corrected chi connectivity index (χ4v) is 4.53. The van der Waals surface area contributed by atoms with Gasteiger partial charge in [-0.2, -0.15) is 4.98 Å². The van der Waals surface area contributed by atoms with Gasteiger partial charge in [0, 0.05) is 16.9 Å². The Morgan fingerprint density at radius 1 is 1.03 bits per heavy atom. The highest BCUT2D eigenvalue weighted by molar-refractivity contribution is 7.80. The number of aryl methyl sites for hydroxylation is 1. The number of nitrogens with zero attached hydrogens (tertiary/aromatic N) is 3. The Kier molecular flexibility index (Phi) is 6.05. The summed E-state index contributed by atoms with van der Waals surface area (Å²) in [4.78, 5) is 6.63. The summed E-state index contributed by atoms with van der Waals surface area (Å²) in [7, 11) is 1.61. The maximum atomic E-state index is 14.2. The summed E-state index contributed by atoms with van der Waals surface area (Å²) >= 11 is 5.75. The Balaban J connectivity index is 1.65. The molecule has 4 aromatic rings. The SMILES string of the molecule is COc1cccc(-c2noc(C3=C(C)N(c4ccc(C)cc4)C(=S)NC3c3cccc(F)c3)n2)c1. The van der Waals surface area contributed by atoms with Crippen LogP contribution in [0.4, 0.5) is 10.1 Å². The lowest BCUT2D eigenvalue weighted by atomic mass is 9.94. The summed E-state index contributed by atoms with van der Waals surface area (Å²) < 4.78 is 25.3. The molecule has 1 aromatic heterocycles. The van der Waals surface area contributed by atoms with Crippen molar-refractivity contribution in [3.8, 4) is 17.1 Å². The number of hydrogen-bond acceptors (Lipinski definition) is 5. The molecule has 0 saturated heterocycles. The second-order valence-corrected chi connectivity index (χ2v) is 8.65. The van der Waals surface area contributed by atoms with Gasteiger partial charge in [-0.15, -0.1) is 0 Å². The van der Waals surface area contributed by atoms with Crippen LogP contribution in [0.15, 0.2) is 83.0 Å². The molecule has 0 bridgehead atoms. The van der Waals surface area contributed by atoms with Crippen molar-refractivity contribution in [2.75, 3.05) is 12.0 Å². The smallest absolute Gasteiger partial charge is 0.258 e. The van der Waals surface area contributed by atoms with Crippen LogP contribution in [0.5, 0.6) is 5.75 Å². The van der Waals surface area contributed by atoms with Crippen molar-refractivity contribution in [1.29, 1.82) is 0 Å². The number of nitrogens with one attached hydrogen (secondary N) is 1. The van der Waals surface area contributed by atoms with E-state index in [1.807, 2.05) is 73.3 Å². The van der Waals surface area contributed by atoms with Gasteiger partial charge in [-0.1, -0.05) is 47.1 Å². The van der Waals surface area contributed by atoms with Crippen LogP contribution in [0, 0.1) is 12.7 Å². The Hall–Kier alpha value is -4.04. The van der Waals surface area contributed by atoms with Crippen LogP contribution in [-0.4, -0.2) is 22.4 Å². The molecule has 3 aromatic carbocycles. The molecule has 0 aliphatic carbocycles. The number of anilines is 1. The molecule has 176 valence electrons. The Morgan fingerprint density at radius 3 is 2.54 bits per heavy atom. The number of aromatic nitrogens is 2. The van der Waals surface area contributed by atoms with Crippen molar-refractivity contribution in [3.63, 3.8) is 0 Å². The maximum Gasteiger partial charge on any atom is 0.258 e. The fraction of sp³-hybridized carbons (Fsp3) is 0.148. The van der Waals surface area contributed by atoms with Gasteiger partial charge in [-0.25, -0.2) is 4.39 Å². The predicted octanol–water partition coefficient (Wildman–Crippen LogP) is 6.06. The van der Waals surface area contributed by atoms with Crippen molar-refractivity contribution in [3.05, 3.63) is 101 Å². The van der Waals surface area contributed by atoms with Gasteiger partial charge in [0.05, 0.1) is 18.7 Å². The number of benzene rings is 3. The molecule has 0 radical (unpaired) electrons. The molecule has 1 N–H and O–H groups in total. The average Bonchev–Trinajstić information content (AvgIpc) is 3.35. The summed E-state index contributed by atoms with van der Waals surface area (Å²) in [6.45, 7) is 3.98. The molecule has 6 nitrogen and oxygen atoms in total. The topological polar surface area (TPSA) is 63.4 Å². The standard InChI is InChI=1S/C27H23FN4O2S/c1-16-10-12-21(13-11-16)32-17(2)23(24(29-27(32)35)18-6-4-8-20(28)14-18)26-30-25(31-34-26)19-7-5-9-22(15-19)33-3/h4-15,24H,1-3H3,(H,29,35). The summed E-state index contributed by atoms with van der Waals surface area (Å²) in [6.07, 6.45) is 0. The third-order valence-corrected chi connectivity index (χ3v) is 6.24. The van der Waals surface area contributed by atoms with E-state index in [4.69, 9.17) is 26.5 Å². The van der Waals surface area contributed by atoms with E-state index in [-0.39, 0.29) is 5.82 Å². The van der Waals surface area contributed by atoms with E-state index in [0.717, 1.165) is 22.5 Å². The van der Waals surface area contributed by atoms with Crippen LogP contribution in [0.2, 0.25) is 0 Å². The molecule has 8 heteroatoms. The Labute approximate surface area is 208 Å². The second kappa shape index (κ2) is 9.31. The van der Waals surface area contributed by atoms with E-state index >= 15 is 0 Å². The zero-order valence-electron chi connectivity index (χ0n) is 19.4. The average molecular weight is 487 g/mol. The molecule has 35 heavy (non-hydrogen) atoms. The first-order valence-corrected chi connectivity index (χ1v) is 11.5. The molecule has 0 fully saturated rings. The molecule has 0 saturated carbocycles.